The van der Waals surface area contributed by atoms with Crippen LogP contribution in [0.2, 0.25) is 0 Å². The largest absolute Gasteiger partial charge is 2.00 e. The summed E-state index contributed by atoms with van der Waals surface area (Å²) in [5.41, 5.74) is 1.65. The van der Waals surface area contributed by atoms with Crippen LogP contribution in [0.15, 0.2) is 29.6 Å². The molecular formula is C28H49BN3O3PSUVWY-3. The van der Waals surface area contributed by atoms with Crippen LogP contribution in [0.3, 0.4) is 0 Å². The first-order valence-corrected chi connectivity index (χ1v) is 13.9. The van der Waals surface area contributed by atoms with E-state index in [0.717, 1.165) is 31.6 Å². The Morgan fingerprint density at radius 2 is 1.71 bits per heavy atom. The Kier molecular flexibility index (Phi) is 62.0. The molecule has 5 radical (unpaired) electrons. The van der Waals surface area contributed by atoms with Crippen LogP contribution in [0.25, 0.3) is 0 Å². The molecule has 2 amide bonds. The number of anilines is 2. The van der Waals surface area contributed by atoms with Crippen LogP contribution >= 0.6 is 20.6 Å². The third-order valence-electron chi connectivity index (χ3n) is 4.38. The number of cyclic esters (lactones) is 1. The van der Waals surface area contributed by atoms with Gasteiger partial charge in [-0.25, -0.2) is 16.5 Å². The fourth-order valence-corrected chi connectivity index (χ4v) is 3.37. The molecule has 1 aromatic heterocycles. The van der Waals surface area contributed by atoms with Crippen LogP contribution in [-0.2, 0) is 81.9 Å². The van der Waals surface area contributed by atoms with E-state index < -0.39 is 6.09 Å². The Morgan fingerprint density at radius 1 is 1.20 bits per heavy atom. The molecule has 2 saturated heterocycles. The standard InChI is InChI=1S/C17H20N3O3.C4H3S.2C2H6.CH5P.CH4.CH3.B.U.V.W.Y.H2/c1-13(21)18-11-16-12-20(17(22)23-16)15-7-5-14(6-8-15)19-9-3-2-4-10-19;1-2-4-5-3-1;3*1-2;;;;;;;;/h2,7-8,16H,3-4,9-12H2,1H3,(H,18,21);1-3H;2*1-2H3;2H2,1H3;1H4;1H3;;;;;;1H/q-3;-1;;;;;-1;;;;+2;;/i;;;;;;;;;;;;1+1. The molecule has 1 aromatic carbocycles. The molecule has 1 N–H and O–H groups in total. The summed E-state index contributed by atoms with van der Waals surface area (Å²) in [6.07, 6.45) is 3.71. The second-order valence-electron chi connectivity index (χ2n) is 6.49. The van der Waals surface area contributed by atoms with Crippen molar-refractivity contribution in [2.24, 2.45) is 0 Å². The molecule has 0 bridgehead atoms. The van der Waals surface area contributed by atoms with Crippen LogP contribution in [0.5, 0.6) is 0 Å². The van der Waals surface area contributed by atoms with Gasteiger partial charge in [0, 0.05) is 106 Å². The predicted octanol–water partition coefficient (Wildman–Crippen LogP) is 6.59. The predicted molar refractivity (Wildman–Crippen MR) is 169 cm³/mol. The summed E-state index contributed by atoms with van der Waals surface area (Å²) in [5, 5.41) is 7.55. The Bertz CT molecular complexity index is 775. The molecule has 0 aliphatic carbocycles. The summed E-state index contributed by atoms with van der Waals surface area (Å²) >= 11 is 1.59. The molecule has 229 valence electrons. The molecule has 2 atom stereocenters. The Morgan fingerprint density at radius 3 is 2.10 bits per heavy atom. The fourth-order valence-electron chi connectivity index (χ4n) is 2.97. The maximum Gasteiger partial charge on any atom is 2.00 e. The number of carbonyl (C=O) groups is 2. The number of benzene rings is 1. The third-order valence-corrected chi connectivity index (χ3v) is 4.94. The molecule has 2 aliphatic rings. The van der Waals surface area contributed by atoms with E-state index in [-0.39, 0.29) is 140 Å². The molecule has 0 saturated carbocycles. The van der Waals surface area contributed by atoms with Gasteiger partial charge in [0.2, 0.25) is 5.91 Å². The average molecular weight is 1110 g/mol. The van der Waals surface area contributed by atoms with Crippen molar-refractivity contribution in [1.82, 2.24) is 5.32 Å². The first kappa shape index (κ1) is 61.4. The Hall–Kier alpha value is 1.38. The zero-order valence-electron chi connectivity index (χ0n) is 24.9. The third kappa shape index (κ3) is 26.3. The normalized spacial score (nSPS) is 13.3. The second kappa shape index (κ2) is 41.4. The van der Waals surface area contributed by atoms with E-state index in [1.165, 1.54) is 6.92 Å². The van der Waals surface area contributed by atoms with Gasteiger partial charge in [-0.3, -0.25) is 16.9 Å². The molecule has 0 spiro atoms. The first-order valence-electron chi connectivity index (χ1n) is 11.8. The average Bonchev–Trinajstić information content (AvgIpc) is 3.61. The minimum absolute atomic E-state index is 0. The van der Waals surface area contributed by atoms with E-state index in [0.29, 0.717) is 18.8 Å². The minimum Gasteiger partial charge on any atom is -0.443 e. The zero-order valence-corrected chi connectivity index (χ0v) is 38.2. The maximum absolute atomic E-state index is 12.0. The molecule has 2 fully saturated rings. The molecule has 2 aliphatic heterocycles. The van der Waals surface area contributed by atoms with Gasteiger partial charge >= 0.3 is 27.2 Å². The van der Waals surface area contributed by atoms with Gasteiger partial charge in [-0.1, -0.05) is 41.8 Å². The fraction of sp³-hybridized carbons (Fsp3) is 0.500. The molecule has 2 unspecified atom stereocenters. The number of amides is 2. The number of ether oxygens (including phenoxy) is 1. The number of carbonyl (C=O) groups excluding carboxylic acids is 2. The van der Waals surface area contributed by atoms with Gasteiger partial charge in [-0.05, 0) is 13.1 Å². The van der Waals surface area contributed by atoms with E-state index in [1.54, 1.807) is 28.4 Å². The Balaban J connectivity index is -0.0000000719. The van der Waals surface area contributed by atoms with Crippen molar-refractivity contribution in [3.63, 3.8) is 0 Å². The van der Waals surface area contributed by atoms with E-state index in [4.69, 9.17) is 4.74 Å². The van der Waals surface area contributed by atoms with Gasteiger partial charge in [0.1, 0.15) is 6.10 Å². The second-order valence-corrected chi connectivity index (χ2v) is 7.23. The first-order chi connectivity index (χ1) is 16.6. The smallest absolute Gasteiger partial charge is 0.443 e. The zero-order chi connectivity index (χ0) is 25.8. The van der Waals surface area contributed by atoms with E-state index in [9.17, 15) is 9.59 Å². The van der Waals surface area contributed by atoms with E-state index in [1.807, 2.05) is 51.9 Å². The van der Waals surface area contributed by atoms with Gasteiger partial charge < -0.3 is 57.2 Å². The van der Waals surface area contributed by atoms with Crippen molar-refractivity contribution in [3.8, 4) is 0 Å². The monoisotopic (exact) mass is 1110 g/mol. The number of nitrogens with zero attached hydrogens (tertiary/aromatic N) is 2. The van der Waals surface area contributed by atoms with Crippen molar-refractivity contribution in [3.05, 3.63) is 61.0 Å². The van der Waals surface area contributed by atoms with Crippen LogP contribution in [-0.4, -0.2) is 59.4 Å². The number of nitrogens with one attached hydrogen (secondary N) is 1. The van der Waals surface area contributed by atoms with Crippen molar-refractivity contribution < 1.29 is 119 Å². The summed E-state index contributed by atoms with van der Waals surface area (Å²) in [4.78, 5) is 26.7. The molecule has 6 nitrogen and oxygen atoms in total. The van der Waals surface area contributed by atoms with Gasteiger partial charge in [-0.2, -0.15) is 30.0 Å². The van der Waals surface area contributed by atoms with Crippen LogP contribution in [0.4, 0.5) is 16.2 Å². The number of hydrogen-bond acceptors (Lipinski definition) is 5. The summed E-state index contributed by atoms with van der Waals surface area (Å²) < 4.78 is 5.26. The van der Waals surface area contributed by atoms with Crippen molar-refractivity contribution in [2.45, 2.75) is 61.0 Å². The van der Waals surface area contributed by atoms with Crippen LogP contribution in [0.1, 0.15) is 56.3 Å². The number of thiophene rings is 1. The quantitative estimate of drug-likeness (QED) is 0.214. The molecule has 3 heterocycles. The summed E-state index contributed by atoms with van der Waals surface area (Å²) in [6, 6.07) is 13.9. The van der Waals surface area contributed by atoms with Gasteiger partial charge in [0.25, 0.3) is 0 Å². The van der Waals surface area contributed by atoms with Gasteiger partial charge in [0.15, 0.2) is 0 Å². The summed E-state index contributed by atoms with van der Waals surface area (Å²) in [7, 11) is 2.42. The molecule has 2 aromatic rings. The molecular weight excluding hydrogens is 1060 g/mol. The van der Waals surface area contributed by atoms with Gasteiger partial charge in [0.05, 0.1) is 6.54 Å². The van der Waals surface area contributed by atoms with Crippen molar-refractivity contribution in [1.29, 1.82) is 0 Å². The van der Waals surface area contributed by atoms with E-state index >= 15 is 0 Å². The Labute approximate surface area is 337 Å². The number of rotatable bonds is 4. The number of piperidine rings is 1. The van der Waals surface area contributed by atoms with Gasteiger partial charge in [-0.15, -0.1) is 14.6 Å². The summed E-state index contributed by atoms with van der Waals surface area (Å²) in [5.74, 6) is -0.135. The van der Waals surface area contributed by atoms with Crippen LogP contribution in [0, 0.1) is 62.5 Å². The summed E-state index contributed by atoms with van der Waals surface area (Å²) in [6.45, 7) is 14.1. The topological polar surface area (TPSA) is 61.9 Å². The number of hydrogen-bond donors (Lipinski definition) is 1. The molecule has 13 heteroatoms. The molecule has 4 rings (SSSR count). The van der Waals surface area contributed by atoms with Crippen LogP contribution < -0.4 is 15.1 Å². The molecule has 41 heavy (non-hydrogen) atoms. The maximum atomic E-state index is 12.0. The van der Waals surface area contributed by atoms with Crippen molar-refractivity contribution in [2.75, 3.05) is 42.6 Å². The van der Waals surface area contributed by atoms with E-state index in [2.05, 4.69) is 43.4 Å². The minimum atomic E-state index is -0.400. The van der Waals surface area contributed by atoms with Crippen molar-refractivity contribution >= 4 is 52.4 Å². The SMILES string of the molecule is C.CC.CC.CC(=O)NCC1CN(c2c[c-]c(N3CC[CH-]CC3)[c-]c2)C(=O)O1.CP.[2HH].[B].[CH3-].[U].[V].[W+2].[Y].[c-]1cccs1.